The molecule has 1 radical (unpaired) electrons. The Morgan fingerprint density at radius 2 is 2.00 bits per heavy atom. The summed E-state index contributed by atoms with van der Waals surface area (Å²) in [6.45, 7) is 0. The van der Waals surface area contributed by atoms with Crippen LogP contribution in [0.15, 0.2) is 29.4 Å². The minimum Gasteiger partial charge on any atom is -0.273 e. The number of carbonyl (C=O) groups excluding carboxylic acids is 2. The third-order valence-corrected chi connectivity index (χ3v) is 2.56. The van der Waals surface area contributed by atoms with Crippen molar-refractivity contribution in [1.82, 2.24) is 11.2 Å². The zero-order chi connectivity index (χ0) is 12.3. The van der Waals surface area contributed by atoms with Crippen LogP contribution in [0, 0.1) is 0 Å². The number of hydrazone groups is 1. The second-order valence-electron chi connectivity index (χ2n) is 3.89. The highest BCUT2D eigenvalue weighted by molar-refractivity contribution is 6.04. The van der Waals surface area contributed by atoms with Gasteiger partial charge in [-0.2, -0.15) is 5.10 Å². The summed E-state index contributed by atoms with van der Waals surface area (Å²) < 4.78 is 0. The van der Waals surface area contributed by atoms with Gasteiger partial charge >= 0.3 is 0 Å². The minimum absolute atomic E-state index is 0.0647. The Morgan fingerprint density at radius 3 is 2.53 bits per heavy atom. The van der Waals surface area contributed by atoms with E-state index in [1.165, 1.54) is 0 Å². The van der Waals surface area contributed by atoms with Crippen LogP contribution in [0.3, 0.4) is 0 Å². The summed E-state index contributed by atoms with van der Waals surface area (Å²) in [5.41, 5.74) is 11.9. The molecule has 5 nitrogen and oxygen atoms in total. The molecule has 0 bridgehead atoms. The molecule has 5 heteroatoms. The number of hydrogen-bond donors (Lipinski definition) is 1. The lowest BCUT2D eigenvalue weighted by atomic mass is 10.0. The predicted molar refractivity (Wildman–Crippen MR) is 62.2 cm³/mol. The van der Waals surface area contributed by atoms with Gasteiger partial charge in [0.05, 0.1) is 12.1 Å². The molecule has 1 aromatic rings. The molecule has 0 saturated carbocycles. The average Bonchev–Trinajstić information content (AvgIpc) is 2.30. The molecule has 17 heavy (non-hydrogen) atoms. The average molecular weight is 230 g/mol. The molecule has 0 atom stereocenters. The summed E-state index contributed by atoms with van der Waals surface area (Å²) in [5.74, 6) is -0.662. The fourth-order valence-corrected chi connectivity index (χ4v) is 1.68. The van der Waals surface area contributed by atoms with E-state index >= 15 is 0 Å². The van der Waals surface area contributed by atoms with Crippen molar-refractivity contribution in [2.24, 2.45) is 5.10 Å². The van der Waals surface area contributed by atoms with Crippen LogP contribution < -0.4 is 11.2 Å². The molecule has 1 heterocycles. The first-order valence-corrected chi connectivity index (χ1v) is 5.34. The lowest BCUT2D eigenvalue weighted by molar-refractivity contribution is -0.121. The van der Waals surface area contributed by atoms with E-state index < -0.39 is 5.91 Å². The molecule has 0 aromatic heterocycles. The van der Waals surface area contributed by atoms with E-state index in [2.05, 4.69) is 10.5 Å². The van der Waals surface area contributed by atoms with Gasteiger partial charge in [0.2, 0.25) is 11.8 Å². The van der Waals surface area contributed by atoms with Crippen LogP contribution in [0.4, 0.5) is 0 Å². The van der Waals surface area contributed by atoms with Crippen LogP contribution in [-0.2, 0) is 16.0 Å². The number of benzene rings is 1. The van der Waals surface area contributed by atoms with E-state index in [4.69, 9.17) is 5.73 Å². The van der Waals surface area contributed by atoms with Crippen molar-refractivity contribution in [3.63, 3.8) is 0 Å². The van der Waals surface area contributed by atoms with Crippen molar-refractivity contribution >= 4 is 17.5 Å². The van der Waals surface area contributed by atoms with Crippen molar-refractivity contribution in [1.29, 1.82) is 0 Å². The van der Waals surface area contributed by atoms with Gasteiger partial charge in [-0.05, 0) is 11.1 Å². The third kappa shape index (κ3) is 2.90. The standard InChI is InChI=1S/C12H12N3O2/c13-11(16)7-8-1-3-9(4-2-8)10-5-6-12(17)15-14-10/h1-4,13H,5-7H2,(H,15,17). The fraction of sp³-hybridized carbons (Fsp3) is 0.250. The van der Waals surface area contributed by atoms with Gasteiger partial charge in [0.1, 0.15) is 0 Å². The van der Waals surface area contributed by atoms with E-state index in [1.54, 1.807) is 12.1 Å². The Bertz CT molecular complexity index is 477. The van der Waals surface area contributed by atoms with Crippen LogP contribution in [-0.4, -0.2) is 17.5 Å². The molecule has 87 valence electrons. The number of nitrogens with zero attached hydrogens (tertiary/aromatic N) is 1. The Balaban J connectivity index is 2.12. The maximum Gasteiger partial charge on any atom is 0.242 e. The summed E-state index contributed by atoms with van der Waals surface area (Å²) in [4.78, 5) is 21.6. The molecule has 0 fully saturated rings. The van der Waals surface area contributed by atoms with E-state index in [0.717, 1.165) is 16.8 Å². The van der Waals surface area contributed by atoms with Gasteiger partial charge in [-0.15, -0.1) is 0 Å². The lowest BCUT2D eigenvalue weighted by Crippen LogP contribution is -2.25. The van der Waals surface area contributed by atoms with Crippen LogP contribution in [0.2, 0.25) is 0 Å². The number of rotatable bonds is 3. The summed E-state index contributed by atoms with van der Waals surface area (Å²) in [6.07, 6.45) is 1.21. The molecule has 1 aliphatic rings. The molecule has 0 aliphatic carbocycles. The molecule has 1 aliphatic heterocycles. The van der Waals surface area contributed by atoms with E-state index in [-0.39, 0.29) is 12.3 Å². The minimum atomic E-state index is -0.597. The summed E-state index contributed by atoms with van der Waals surface area (Å²) in [5, 5.41) is 3.98. The molecule has 0 saturated heterocycles. The molecular weight excluding hydrogens is 218 g/mol. The number of amides is 2. The molecule has 2 rings (SSSR count). The van der Waals surface area contributed by atoms with Crippen LogP contribution in [0.25, 0.3) is 0 Å². The Morgan fingerprint density at radius 1 is 1.29 bits per heavy atom. The zero-order valence-electron chi connectivity index (χ0n) is 9.19. The van der Waals surface area contributed by atoms with Gasteiger partial charge in [0, 0.05) is 12.8 Å². The molecular formula is C12H12N3O2. The Labute approximate surface area is 98.7 Å². The van der Waals surface area contributed by atoms with E-state index in [1.807, 2.05) is 12.1 Å². The number of carbonyl (C=O) groups is 2. The van der Waals surface area contributed by atoms with Gasteiger partial charge < -0.3 is 0 Å². The van der Waals surface area contributed by atoms with Gasteiger partial charge in [0.25, 0.3) is 0 Å². The maximum atomic E-state index is 10.9. The van der Waals surface area contributed by atoms with Gasteiger partial charge in [0.15, 0.2) is 0 Å². The second-order valence-corrected chi connectivity index (χ2v) is 3.89. The Hall–Kier alpha value is -2.17. The Kier molecular flexibility index (Phi) is 3.18. The SMILES string of the molecule is [NH]C(=O)Cc1ccc(C2=NNC(=O)CC2)cc1. The quantitative estimate of drug-likeness (QED) is 0.827. The maximum absolute atomic E-state index is 10.9. The van der Waals surface area contributed by atoms with Crippen molar-refractivity contribution in [2.45, 2.75) is 19.3 Å². The van der Waals surface area contributed by atoms with E-state index in [9.17, 15) is 9.59 Å². The first-order valence-electron chi connectivity index (χ1n) is 5.34. The normalized spacial score (nSPS) is 15.1. The van der Waals surface area contributed by atoms with Crippen molar-refractivity contribution in [2.75, 3.05) is 0 Å². The highest BCUT2D eigenvalue weighted by atomic mass is 16.2. The molecule has 0 unspecified atom stereocenters. The first-order chi connectivity index (χ1) is 8.15. The summed E-state index contributed by atoms with van der Waals surface area (Å²) >= 11 is 0. The zero-order valence-corrected chi connectivity index (χ0v) is 9.19. The third-order valence-electron chi connectivity index (χ3n) is 2.56. The highest BCUT2D eigenvalue weighted by Crippen LogP contribution is 2.11. The topological polar surface area (TPSA) is 82.3 Å². The van der Waals surface area contributed by atoms with Gasteiger partial charge in [-0.25, -0.2) is 5.43 Å². The van der Waals surface area contributed by atoms with Crippen molar-refractivity contribution in [3.8, 4) is 0 Å². The van der Waals surface area contributed by atoms with E-state index in [0.29, 0.717) is 12.8 Å². The number of nitrogens with one attached hydrogen (secondary N) is 2. The van der Waals surface area contributed by atoms with Gasteiger partial charge in [-0.3, -0.25) is 15.3 Å². The van der Waals surface area contributed by atoms with Gasteiger partial charge in [-0.1, -0.05) is 24.3 Å². The fourth-order valence-electron chi connectivity index (χ4n) is 1.68. The molecule has 2 amide bonds. The molecule has 0 spiro atoms. The van der Waals surface area contributed by atoms with Crippen LogP contribution in [0.5, 0.6) is 0 Å². The van der Waals surface area contributed by atoms with Crippen molar-refractivity contribution in [3.05, 3.63) is 35.4 Å². The lowest BCUT2D eigenvalue weighted by Gasteiger charge is -2.12. The van der Waals surface area contributed by atoms with Crippen LogP contribution >= 0.6 is 0 Å². The monoisotopic (exact) mass is 230 g/mol. The number of hydrogen-bond acceptors (Lipinski definition) is 3. The summed E-state index contributed by atoms with van der Waals surface area (Å²) in [7, 11) is 0. The summed E-state index contributed by atoms with van der Waals surface area (Å²) in [6, 6.07) is 7.32. The smallest absolute Gasteiger partial charge is 0.242 e. The largest absolute Gasteiger partial charge is 0.273 e. The second kappa shape index (κ2) is 4.78. The van der Waals surface area contributed by atoms with Crippen LogP contribution in [0.1, 0.15) is 24.0 Å². The van der Waals surface area contributed by atoms with Crippen molar-refractivity contribution < 1.29 is 9.59 Å². The first kappa shape index (κ1) is 11.3. The highest BCUT2D eigenvalue weighted by Gasteiger charge is 2.12. The molecule has 1 aromatic carbocycles. The predicted octanol–water partition coefficient (Wildman–Crippen LogP) is 0.653. The molecule has 2 N–H and O–H groups in total.